The van der Waals surface area contributed by atoms with E-state index in [1.165, 1.54) is 23.5 Å². The van der Waals surface area contributed by atoms with Gasteiger partial charge in [0, 0.05) is 5.56 Å². The highest BCUT2D eigenvalue weighted by Gasteiger charge is 2.43. The van der Waals surface area contributed by atoms with Crippen LogP contribution < -0.4 is 5.73 Å². The predicted octanol–water partition coefficient (Wildman–Crippen LogP) is 5.25. The summed E-state index contributed by atoms with van der Waals surface area (Å²) in [5.74, 6) is -4.69. The SMILES string of the molecule is N[C@H](CCc1ccc(-c2nc3ccc(C4(c5ccccc5)C=C4)nc3s2)c(F)c1)C(=O)OC(=O)C(F)(F)F. The van der Waals surface area contributed by atoms with E-state index in [0.717, 1.165) is 11.3 Å². The summed E-state index contributed by atoms with van der Waals surface area (Å²) in [5.41, 5.74) is 8.52. The quantitative estimate of drug-likeness (QED) is 0.149. The molecule has 38 heavy (non-hydrogen) atoms. The number of benzene rings is 2. The monoisotopic (exact) mass is 541 g/mol. The molecule has 4 aromatic rings. The molecular formula is C27H19F4N3O3S. The van der Waals surface area contributed by atoms with Gasteiger partial charge in [-0.25, -0.2) is 23.9 Å². The second-order valence-electron chi connectivity index (χ2n) is 8.77. The zero-order valence-corrected chi connectivity index (χ0v) is 20.4. The molecule has 0 saturated heterocycles. The molecule has 0 bridgehead atoms. The molecule has 194 valence electrons. The molecule has 0 unspecified atom stereocenters. The summed E-state index contributed by atoms with van der Waals surface area (Å²) in [6, 6.07) is 16.7. The Balaban J connectivity index is 1.29. The first-order valence-electron chi connectivity index (χ1n) is 11.5. The molecule has 11 heteroatoms. The topological polar surface area (TPSA) is 95.2 Å². The summed E-state index contributed by atoms with van der Waals surface area (Å²) < 4.78 is 55.4. The molecule has 0 aliphatic heterocycles. The van der Waals surface area contributed by atoms with Gasteiger partial charge in [-0.2, -0.15) is 13.2 Å². The van der Waals surface area contributed by atoms with Gasteiger partial charge < -0.3 is 10.5 Å². The van der Waals surface area contributed by atoms with E-state index in [2.05, 4.69) is 21.9 Å². The highest BCUT2D eigenvalue weighted by Crippen LogP contribution is 2.45. The second-order valence-corrected chi connectivity index (χ2v) is 9.75. The van der Waals surface area contributed by atoms with Crippen LogP contribution in [0.5, 0.6) is 0 Å². The van der Waals surface area contributed by atoms with Crippen LogP contribution in [0.3, 0.4) is 0 Å². The molecule has 2 aromatic carbocycles. The molecule has 0 amide bonds. The summed E-state index contributed by atoms with van der Waals surface area (Å²) in [7, 11) is 0. The number of carbonyl (C=O) groups is 2. The summed E-state index contributed by atoms with van der Waals surface area (Å²) in [6.07, 6.45) is -1.21. The number of ether oxygens (including phenoxy) is 1. The fourth-order valence-electron chi connectivity index (χ4n) is 4.02. The molecule has 1 aliphatic rings. The number of allylic oxidation sites excluding steroid dienone is 2. The van der Waals surface area contributed by atoms with Crippen molar-refractivity contribution in [3.63, 3.8) is 0 Å². The molecule has 5 rings (SSSR count). The first-order valence-corrected chi connectivity index (χ1v) is 12.3. The average molecular weight is 542 g/mol. The number of fused-ring (bicyclic) bond motifs is 1. The third-order valence-electron chi connectivity index (χ3n) is 6.17. The molecule has 6 nitrogen and oxygen atoms in total. The van der Waals surface area contributed by atoms with Crippen molar-refractivity contribution in [2.24, 2.45) is 5.73 Å². The van der Waals surface area contributed by atoms with Gasteiger partial charge in [0.15, 0.2) is 0 Å². The summed E-state index contributed by atoms with van der Waals surface area (Å²) >= 11 is 1.26. The van der Waals surface area contributed by atoms with Gasteiger partial charge in [0.2, 0.25) is 0 Å². The Morgan fingerprint density at radius 2 is 1.76 bits per heavy atom. The van der Waals surface area contributed by atoms with Gasteiger partial charge in [0.1, 0.15) is 27.2 Å². The lowest BCUT2D eigenvalue weighted by Crippen LogP contribution is -2.37. The van der Waals surface area contributed by atoms with E-state index in [0.29, 0.717) is 20.9 Å². The van der Waals surface area contributed by atoms with Crippen LogP contribution in [0.2, 0.25) is 0 Å². The lowest BCUT2D eigenvalue weighted by molar-refractivity contribution is -0.202. The smallest absolute Gasteiger partial charge is 0.385 e. The van der Waals surface area contributed by atoms with E-state index < -0.39 is 30.0 Å². The Labute approximate surface area is 217 Å². The Bertz CT molecular complexity index is 1560. The van der Waals surface area contributed by atoms with E-state index in [-0.39, 0.29) is 23.8 Å². The first-order chi connectivity index (χ1) is 18.1. The van der Waals surface area contributed by atoms with E-state index in [1.807, 2.05) is 42.5 Å². The van der Waals surface area contributed by atoms with E-state index >= 15 is 0 Å². The number of halogens is 4. The number of aromatic nitrogens is 2. The van der Waals surface area contributed by atoms with E-state index in [1.54, 1.807) is 6.07 Å². The zero-order valence-electron chi connectivity index (χ0n) is 19.5. The summed E-state index contributed by atoms with van der Waals surface area (Å²) in [4.78, 5) is 32.4. The molecule has 2 heterocycles. The predicted molar refractivity (Wildman–Crippen MR) is 133 cm³/mol. The highest BCUT2D eigenvalue weighted by atomic mass is 32.1. The standard InChI is InChI=1S/C27H19F4N3O3S/c28-18-14-15(7-9-19(32)24(35)37-25(36)27(29,30)31)6-8-17(18)22-33-20-10-11-21(34-23(20)38-22)26(12-13-26)16-4-2-1-3-5-16/h1-6,8,10-14,19H,7,9,32H2/t19-/m1/s1. The molecule has 0 radical (unpaired) electrons. The van der Waals surface area contributed by atoms with Crippen molar-refractivity contribution in [1.82, 2.24) is 9.97 Å². The van der Waals surface area contributed by atoms with Crippen molar-refractivity contribution in [2.75, 3.05) is 0 Å². The van der Waals surface area contributed by atoms with Crippen molar-refractivity contribution in [3.05, 3.63) is 95.5 Å². The largest absolute Gasteiger partial charge is 0.491 e. The number of esters is 2. The minimum atomic E-state index is -5.30. The molecule has 1 atom stereocenters. The third-order valence-corrected chi connectivity index (χ3v) is 7.16. The number of alkyl halides is 3. The molecular weight excluding hydrogens is 522 g/mol. The van der Waals surface area contributed by atoms with Crippen molar-refractivity contribution in [2.45, 2.75) is 30.5 Å². The van der Waals surface area contributed by atoms with Gasteiger partial charge in [-0.3, -0.25) is 0 Å². The minimum Gasteiger partial charge on any atom is -0.385 e. The van der Waals surface area contributed by atoms with Crippen molar-refractivity contribution in [1.29, 1.82) is 0 Å². The Kier molecular flexibility index (Phi) is 6.58. The van der Waals surface area contributed by atoms with Crippen molar-refractivity contribution in [3.8, 4) is 10.6 Å². The van der Waals surface area contributed by atoms with Crippen LogP contribution in [-0.4, -0.2) is 34.1 Å². The number of rotatable bonds is 7. The van der Waals surface area contributed by atoms with Crippen molar-refractivity contribution < 1.29 is 31.9 Å². The Hall–Kier alpha value is -3.96. The maximum atomic E-state index is 15.0. The average Bonchev–Trinajstić information content (AvgIpc) is 3.60. The lowest BCUT2D eigenvalue weighted by Gasteiger charge is -2.15. The molecule has 0 saturated carbocycles. The molecule has 0 spiro atoms. The minimum absolute atomic E-state index is 0.0764. The van der Waals surface area contributed by atoms with Crippen molar-refractivity contribution >= 4 is 33.6 Å². The van der Waals surface area contributed by atoms with Crippen LogP contribution >= 0.6 is 11.3 Å². The fraction of sp³-hybridized carbons (Fsp3) is 0.185. The number of hydrogen-bond acceptors (Lipinski definition) is 7. The molecule has 0 fully saturated rings. The number of pyridine rings is 1. The van der Waals surface area contributed by atoms with Gasteiger partial charge in [-0.15, -0.1) is 0 Å². The molecule has 2 aromatic heterocycles. The van der Waals surface area contributed by atoms with E-state index in [4.69, 9.17) is 10.7 Å². The molecule has 1 aliphatic carbocycles. The van der Waals surface area contributed by atoms with Crippen LogP contribution in [0, 0.1) is 5.82 Å². The lowest BCUT2D eigenvalue weighted by atomic mass is 9.89. The maximum Gasteiger partial charge on any atom is 0.491 e. The number of carbonyl (C=O) groups excluding carboxylic acids is 2. The summed E-state index contributed by atoms with van der Waals surface area (Å²) in [6.45, 7) is 0. The van der Waals surface area contributed by atoms with Gasteiger partial charge in [-0.05, 0) is 48.2 Å². The highest BCUT2D eigenvalue weighted by molar-refractivity contribution is 7.21. The van der Waals surface area contributed by atoms with Crippen LogP contribution in [0.15, 0.2) is 72.8 Å². The first kappa shape index (κ1) is 25.7. The van der Waals surface area contributed by atoms with Crippen LogP contribution in [0.1, 0.15) is 23.2 Å². The number of nitrogens with two attached hydrogens (primary N) is 1. The normalized spacial score (nSPS) is 14.9. The Morgan fingerprint density at radius 1 is 1.03 bits per heavy atom. The van der Waals surface area contributed by atoms with E-state index in [9.17, 15) is 27.2 Å². The van der Waals surface area contributed by atoms with Crippen LogP contribution in [0.25, 0.3) is 20.9 Å². The maximum absolute atomic E-state index is 15.0. The number of nitrogens with zero attached hydrogens (tertiary/aromatic N) is 2. The number of aryl methyl sites for hydroxylation is 1. The van der Waals surface area contributed by atoms with Gasteiger partial charge in [0.05, 0.1) is 11.1 Å². The zero-order chi connectivity index (χ0) is 27.1. The number of hydrogen-bond donors (Lipinski definition) is 1. The van der Waals surface area contributed by atoms with Crippen LogP contribution in [-0.2, 0) is 26.2 Å². The van der Waals surface area contributed by atoms with Gasteiger partial charge in [0.25, 0.3) is 0 Å². The number of thiazole rings is 1. The van der Waals surface area contributed by atoms with Gasteiger partial charge in [-0.1, -0.05) is 59.9 Å². The molecule has 2 N–H and O–H groups in total. The fourth-order valence-corrected chi connectivity index (χ4v) is 4.99. The second kappa shape index (κ2) is 9.73. The summed E-state index contributed by atoms with van der Waals surface area (Å²) in [5, 5.41) is 0.442. The Morgan fingerprint density at radius 3 is 2.42 bits per heavy atom. The third kappa shape index (κ3) is 5.07. The van der Waals surface area contributed by atoms with Gasteiger partial charge >= 0.3 is 18.1 Å². The van der Waals surface area contributed by atoms with Crippen LogP contribution in [0.4, 0.5) is 17.6 Å².